The second-order valence-corrected chi connectivity index (χ2v) is 7.48. The third-order valence-corrected chi connectivity index (χ3v) is 5.25. The number of nitrogens with zero attached hydrogens (tertiary/aromatic N) is 3. The van der Waals surface area contributed by atoms with Gasteiger partial charge in [-0.05, 0) is 41.5 Å². The average Bonchev–Trinajstić information content (AvgIpc) is 3.27. The highest BCUT2D eigenvalue weighted by Gasteiger charge is 2.35. The quantitative estimate of drug-likeness (QED) is 0.304. The van der Waals surface area contributed by atoms with Crippen molar-refractivity contribution in [2.24, 2.45) is 0 Å². The summed E-state index contributed by atoms with van der Waals surface area (Å²) in [4.78, 5) is 4.54. The number of rotatable bonds is 5. The molecule has 0 radical (unpaired) electrons. The van der Waals surface area contributed by atoms with Gasteiger partial charge < -0.3 is 4.74 Å². The number of halogens is 3. The van der Waals surface area contributed by atoms with Crippen LogP contribution in [-0.2, 0) is 12.8 Å². The zero-order valence-corrected chi connectivity index (χ0v) is 17.3. The number of hydrogen-bond donors (Lipinski definition) is 0. The molecule has 164 valence electrons. The molecule has 5 aromatic rings. The Balaban J connectivity index is 1.52. The van der Waals surface area contributed by atoms with Crippen molar-refractivity contribution in [3.8, 4) is 28.1 Å². The summed E-state index contributed by atoms with van der Waals surface area (Å²) >= 11 is 0. The lowest BCUT2D eigenvalue weighted by Gasteiger charge is -2.12. The number of hydrogen-bond acceptors (Lipinski definition) is 3. The fraction of sp³-hybridized carbons (Fsp3) is 0.0769. The highest BCUT2D eigenvalue weighted by atomic mass is 19.4. The molecule has 0 spiro atoms. The molecular weight excluding hydrogens is 427 g/mol. The van der Waals surface area contributed by atoms with E-state index in [9.17, 15) is 13.2 Å². The second-order valence-electron chi connectivity index (χ2n) is 7.48. The lowest BCUT2D eigenvalue weighted by atomic mass is 10.1. The minimum absolute atomic E-state index is 0.149. The van der Waals surface area contributed by atoms with E-state index in [4.69, 9.17) is 4.74 Å². The number of aromatic nitrogens is 3. The van der Waals surface area contributed by atoms with E-state index in [1.807, 2.05) is 60.7 Å². The number of ether oxygens (including phenoxy) is 1. The van der Waals surface area contributed by atoms with E-state index in [1.165, 1.54) is 6.20 Å². The van der Waals surface area contributed by atoms with Crippen molar-refractivity contribution in [3.05, 3.63) is 108 Å². The van der Waals surface area contributed by atoms with Crippen molar-refractivity contribution < 1.29 is 17.9 Å². The van der Waals surface area contributed by atoms with Crippen LogP contribution in [0.4, 0.5) is 13.2 Å². The van der Waals surface area contributed by atoms with Crippen molar-refractivity contribution in [2.75, 3.05) is 0 Å². The fourth-order valence-electron chi connectivity index (χ4n) is 3.60. The maximum atomic E-state index is 13.8. The Morgan fingerprint density at radius 3 is 2.12 bits per heavy atom. The molecule has 3 aromatic carbocycles. The summed E-state index contributed by atoms with van der Waals surface area (Å²) in [6, 6.07) is 26.7. The molecule has 0 amide bonds. The Morgan fingerprint density at radius 1 is 0.788 bits per heavy atom. The van der Waals surface area contributed by atoms with Gasteiger partial charge in [0.05, 0.1) is 11.9 Å². The van der Waals surface area contributed by atoms with Gasteiger partial charge in [0.15, 0.2) is 11.3 Å². The number of benzene rings is 3. The van der Waals surface area contributed by atoms with E-state index in [2.05, 4.69) is 10.1 Å². The first-order valence-corrected chi connectivity index (χ1v) is 10.3. The van der Waals surface area contributed by atoms with Crippen molar-refractivity contribution >= 4 is 5.65 Å². The van der Waals surface area contributed by atoms with Crippen LogP contribution in [0, 0.1) is 0 Å². The van der Waals surface area contributed by atoms with Gasteiger partial charge >= 0.3 is 6.18 Å². The topological polar surface area (TPSA) is 39.4 Å². The predicted octanol–water partition coefficient (Wildman–Crippen LogP) is 6.66. The van der Waals surface area contributed by atoms with Gasteiger partial charge in [0.1, 0.15) is 12.4 Å². The van der Waals surface area contributed by atoms with Crippen LogP contribution >= 0.6 is 0 Å². The van der Waals surface area contributed by atoms with Crippen LogP contribution in [0.3, 0.4) is 0 Å². The highest BCUT2D eigenvalue weighted by molar-refractivity contribution is 5.79. The summed E-state index contributed by atoms with van der Waals surface area (Å²) in [5, 5.41) is 3.98. The van der Waals surface area contributed by atoms with E-state index >= 15 is 0 Å². The van der Waals surface area contributed by atoms with Crippen LogP contribution in [0.25, 0.3) is 28.0 Å². The van der Waals surface area contributed by atoms with Crippen LogP contribution in [0.15, 0.2) is 97.2 Å². The molecule has 0 saturated heterocycles. The van der Waals surface area contributed by atoms with Crippen LogP contribution < -0.4 is 4.74 Å². The molecule has 0 aliphatic carbocycles. The van der Waals surface area contributed by atoms with Gasteiger partial charge in [-0.15, -0.1) is 0 Å². The SMILES string of the molecule is FC(F)(F)c1cc(-c2ccc(OCc3ccccc3)cc2)nc2c(-c3ccccc3)cnn12. The Morgan fingerprint density at radius 2 is 1.45 bits per heavy atom. The molecule has 7 heteroatoms. The van der Waals surface area contributed by atoms with Gasteiger partial charge in [0.2, 0.25) is 0 Å². The predicted molar refractivity (Wildman–Crippen MR) is 120 cm³/mol. The van der Waals surface area contributed by atoms with Crippen molar-refractivity contribution in [1.82, 2.24) is 14.6 Å². The first kappa shape index (κ1) is 20.8. The normalized spacial score (nSPS) is 11.6. The molecule has 0 atom stereocenters. The van der Waals surface area contributed by atoms with Crippen LogP contribution in [0.5, 0.6) is 5.75 Å². The molecule has 0 aliphatic heterocycles. The molecule has 2 heterocycles. The maximum Gasteiger partial charge on any atom is 0.433 e. The van der Waals surface area contributed by atoms with Gasteiger partial charge in [-0.1, -0.05) is 60.7 Å². The zero-order valence-electron chi connectivity index (χ0n) is 17.3. The summed E-state index contributed by atoms with van der Waals surface area (Å²) in [6.45, 7) is 0.402. The molecule has 0 bridgehead atoms. The fourth-order valence-corrected chi connectivity index (χ4v) is 3.60. The molecule has 33 heavy (non-hydrogen) atoms. The second kappa shape index (κ2) is 8.43. The minimum atomic E-state index is -4.59. The van der Waals surface area contributed by atoms with Gasteiger partial charge in [-0.25, -0.2) is 9.50 Å². The van der Waals surface area contributed by atoms with E-state index in [-0.39, 0.29) is 11.3 Å². The van der Waals surface area contributed by atoms with Gasteiger partial charge in [0, 0.05) is 11.1 Å². The standard InChI is InChI=1S/C26H18F3N3O/c27-26(28,29)24-15-23(31-25-22(16-30-32(24)25)19-9-5-2-6-10-19)20-11-13-21(14-12-20)33-17-18-7-3-1-4-8-18/h1-16H,17H2. The summed E-state index contributed by atoms with van der Waals surface area (Å²) < 4.78 is 48.2. The Hall–Kier alpha value is -4.13. The van der Waals surface area contributed by atoms with Crippen molar-refractivity contribution in [2.45, 2.75) is 12.8 Å². The van der Waals surface area contributed by atoms with Gasteiger partial charge in [-0.2, -0.15) is 18.3 Å². The summed E-state index contributed by atoms with van der Waals surface area (Å²) in [5.41, 5.74) is 2.33. The number of alkyl halides is 3. The summed E-state index contributed by atoms with van der Waals surface area (Å²) in [5.74, 6) is 0.619. The van der Waals surface area contributed by atoms with E-state index in [1.54, 1.807) is 24.3 Å². The lowest BCUT2D eigenvalue weighted by molar-refractivity contribution is -0.142. The van der Waals surface area contributed by atoms with Gasteiger partial charge in [-0.3, -0.25) is 0 Å². The third kappa shape index (κ3) is 4.30. The number of fused-ring (bicyclic) bond motifs is 1. The molecule has 2 aromatic heterocycles. The Bertz CT molecular complexity index is 1380. The Kier molecular flexibility index (Phi) is 5.30. The van der Waals surface area contributed by atoms with Crippen molar-refractivity contribution in [3.63, 3.8) is 0 Å². The average molecular weight is 445 g/mol. The molecule has 5 rings (SSSR count). The molecule has 0 aliphatic rings. The summed E-state index contributed by atoms with van der Waals surface area (Å²) in [6.07, 6.45) is -3.17. The molecule has 0 unspecified atom stereocenters. The Labute approximate surface area is 187 Å². The molecule has 0 fully saturated rings. The van der Waals surface area contributed by atoms with Crippen LogP contribution in [0.1, 0.15) is 11.3 Å². The van der Waals surface area contributed by atoms with Crippen LogP contribution in [0.2, 0.25) is 0 Å². The molecular formula is C26H18F3N3O. The minimum Gasteiger partial charge on any atom is -0.489 e. The highest BCUT2D eigenvalue weighted by Crippen LogP contribution is 2.35. The third-order valence-electron chi connectivity index (χ3n) is 5.25. The first-order chi connectivity index (χ1) is 16.0. The lowest BCUT2D eigenvalue weighted by Crippen LogP contribution is -2.13. The van der Waals surface area contributed by atoms with E-state index < -0.39 is 11.9 Å². The zero-order chi connectivity index (χ0) is 22.8. The molecule has 0 saturated carbocycles. The van der Waals surface area contributed by atoms with E-state index in [0.717, 1.165) is 21.7 Å². The van der Waals surface area contributed by atoms with Crippen LogP contribution in [-0.4, -0.2) is 14.6 Å². The molecule has 0 N–H and O–H groups in total. The monoisotopic (exact) mass is 445 g/mol. The maximum absolute atomic E-state index is 13.8. The largest absolute Gasteiger partial charge is 0.489 e. The van der Waals surface area contributed by atoms with E-state index in [0.29, 0.717) is 23.5 Å². The van der Waals surface area contributed by atoms with Crippen molar-refractivity contribution in [1.29, 1.82) is 0 Å². The molecule has 4 nitrogen and oxygen atoms in total. The summed E-state index contributed by atoms with van der Waals surface area (Å²) in [7, 11) is 0. The first-order valence-electron chi connectivity index (χ1n) is 10.3. The van der Waals surface area contributed by atoms with Gasteiger partial charge in [0.25, 0.3) is 0 Å². The smallest absolute Gasteiger partial charge is 0.433 e.